The van der Waals surface area contributed by atoms with E-state index in [0.717, 1.165) is 24.2 Å². The van der Waals surface area contributed by atoms with Crippen LogP contribution >= 0.6 is 23.2 Å². The molecule has 1 aromatic rings. The van der Waals surface area contributed by atoms with Crippen molar-refractivity contribution < 1.29 is 0 Å². The van der Waals surface area contributed by atoms with Crippen LogP contribution in [0.1, 0.15) is 39.1 Å². The Morgan fingerprint density at radius 2 is 1.53 bits per heavy atom. The van der Waals surface area contributed by atoms with Crippen molar-refractivity contribution in [3.63, 3.8) is 0 Å². The molecule has 4 heteroatoms. The van der Waals surface area contributed by atoms with Gasteiger partial charge in [0, 0.05) is 12.0 Å². The van der Waals surface area contributed by atoms with Crippen molar-refractivity contribution >= 4 is 23.2 Å². The third kappa shape index (κ3) is 3.62. The molecule has 0 saturated heterocycles. The van der Waals surface area contributed by atoms with E-state index in [4.69, 9.17) is 23.2 Å². The van der Waals surface area contributed by atoms with E-state index in [1.165, 1.54) is 0 Å². The molecule has 0 amide bonds. The molecule has 0 aliphatic heterocycles. The lowest BCUT2D eigenvalue weighted by molar-refractivity contribution is 0.400. The normalized spacial score (nSPS) is 11.9. The van der Waals surface area contributed by atoms with Crippen LogP contribution in [0.5, 0.6) is 0 Å². The average Bonchev–Trinajstić information content (AvgIpc) is 1.99. The summed E-state index contributed by atoms with van der Waals surface area (Å²) in [5.41, 5.74) is 0.969. The molecule has 0 aromatic carbocycles. The number of aromatic nitrogens is 2. The van der Waals surface area contributed by atoms with Crippen molar-refractivity contribution in [3.05, 3.63) is 21.7 Å². The molecule has 0 fully saturated rings. The number of halogens is 2. The molecule has 0 bridgehead atoms. The van der Waals surface area contributed by atoms with Gasteiger partial charge in [-0.15, -0.1) is 0 Å². The van der Waals surface area contributed by atoms with Gasteiger partial charge in [-0.05, 0) is 11.8 Å². The Balaban J connectivity index is 3.04. The fourth-order valence-electron chi connectivity index (χ4n) is 1.32. The van der Waals surface area contributed by atoms with Crippen LogP contribution in [0.4, 0.5) is 0 Å². The second-order valence-corrected chi connectivity index (χ2v) is 5.51. The van der Waals surface area contributed by atoms with Gasteiger partial charge in [-0.3, -0.25) is 0 Å². The predicted molar refractivity (Wildman–Crippen MR) is 64.6 cm³/mol. The molecule has 1 rings (SSSR count). The summed E-state index contributed by atoms with van der Waals surface area (Å²) < 4.78 is 0. The summed E-state index contributed by atoms with van der Waals surface area (Å²) in [6.07, 6.45) is 1.53. The molecule has 0 unspecified atom stereocenters. The number of hydrogen-bond acceptors (Lipinski definition) is 2. The lowest BCUT2D eigenvalue weighted by Gasteiger charge is -2.17. The Hall–Kier alpha value is -0.340. The molecule has 1 aromatic heterocycles. The summed E-state index contributed by atoms with van der Waals surface area (Å²) in [5.74, 6) is 0.717. The average molecular weight is 247 g/mol. The molecule has 0 aliphatic carbocycles. The zero-order chi connectivity index (χ0) is 11.6. The number of hydrogen-bond donors (Lipinski definition) is 0. The van der Waals surface area contributed by atoms with Crippen molar-refractivity contribution in [1.29, 1.82) is 0 Å². The van der Waals surface area contributed by atoms with E-state index in [0.29, 0.717) is 10.3 Å². The Kier molecular flexibility index (Phi) is 3.96. The minimum Gasteiger partial charge on any atom is -0.221 e. The maximum absolute atomic E-state index is 6.03. The summed E-state index contributed by atoms with van der Waals surface area (Å²) in [6.45, 7) is 8.38. The van der Waals surface area contributed by atoms with Crippen molar-refractivity contribution in [1.82, 2.24) is 9.97 Å². The van der Waals surface area contributed by atoms with Gasteiger partial charge >= 0.3 is 0 Å². The Bertz CT molecular complexity index is 333. The molecule has 15 heavy (non-hydrogen) atoms. The van der Waals surface area contributed by atoms with E-state index >= 15 is 0 Å². The van der Waals surface area contributed by atoms with Gasteiger partial charge in [-0.25, -0.2) is 9.97 Å². The molecule has 1 heterocycles. The Morgan fingerprint density at radius 3 is 1.87 bits per heavy atom. The smallest absolute Gasteiger partial charge is 0.137 e. The topological polar surface area (TPSA) is 25.8 Å². The third-order valence-corrected chi connectivity index (χ3v) is 2.62. The SMILES string of the molecule is CCc1c(Cl)nc(CC(C)(C)C)nc1Cl. The zero-order valence-electron chi connectivity index (χ0n) is 9.56. The number of rotatable bonds is 2. The standard InChI is InChI=1S/C11H16Cl2N2/c1-5-7-9(12)14-8(15-10(7)13)6-11(2,3)4/h5-6H2,1-4H3. The van der Waals surface area contributed by atoms with Gasteiger partial charge in [0.2, 0.25) is 0 Å². The first-order valence-electron chi connectivity index (χ1n) is 5.04. The van der Waals surface area contributed by atoms with Gasteiger partial charge in [-0.1, -0.05) is 50.9 Å². The minimum atomic E-state index is 0.139. The van der Waals surface area contributed by atoms with Crippen LogP contribution < -0.4 is 0 Å². The van der Waals surface area contributed by atoms with E-state index in [9.17, 15) is 0 Å². The van der Waals surface area contributed by atoms with E-state index in [2.05, 4.69) is 30.7 Å². The van der Waals surface area contributed by atoms with Crippen LogP contribution in [0, 0.1) is 5.41 Å². The van der Waals surface area contributed by atoms with E-state index in [-0.39, 0.29) is 5.41 Å². The molecular formula is C11H16Cl2N2. The molecule has 0 aliphatic rings. The molecule has 0 N–H and O–H groups in total. The summed E-state index contributed by atoms with van der Waals surface area (Å²) in [6, 6.07) is 0. The van der Waals surface area contributed by atoms with Crippen LogP contribution in [-0.2, 0) is 12.8 Å². The molecule has 0 saturated carbocycles. The molecule has 0 atom stereocenters. The minimum absolute atomic E-state index is 0.139. The highest BCUT2D eigenvalue weighted by Crippen LogP contribution is 2.25. The largest absolute Gasteiger partial charge is 0.221 e. The highest BCUT2D eigenvalue weighted by Gasteiger charge is 2.16. The Labute approximate surface area is 101 Å². The van der Waals surface area contributed by atoms with Crippen LogP contribution in [0.2, 0.25) is 10.3 Å². The first kappa shape index (κ1) is 12.7. The highest BCUT2D eigenvalue weighted by molar-refractivity contribution is 6.34. The highest BCUT2D eigenvalue weighted by atomic mass is 35.5. The lowest BCUT2D eigenvalue weighted by atomic mass is 9.92. The molecule has 0 radical (unpaired) electrons. The molecule has 0 spiro atoms. The number of nitrogens with zero attached hydrogens (tertiary/aromatic N) is 2. The van der Waals surface area contributed by atoms with Gasteiger partial charge in [-0.2, -0.15) is 0 Å². The fourth-order valence-corrected chi connectivity index (χ4v) is 2.01. The Morgan fingerprint density at radius 1 is 1.07 bits per heavy atom. The van der Waals surface area contributed by atoms with Crippen LogP contribution in [-0.4, -0.2) is 9.97 Å². The zero-order valence-corrected chi connectivity index (χ0v) is 11.1. The molecule has 84 valence electrons. The maximum Gasteiger partial charge on any atom is 0.137 e. The van der Waals surface area contributed by atoms with Crippen molar-refractivity contribution in [2.75, 3.05) is 0 Å². The first-order chi connectivity index (χ1) is 6.83. The molecule has 2 nitrogen and oxygen atoms in total. The second kappa shape index (κ2) is 4.67. The van der Waals surface area contributed by atoms with Crippen molar-refractivity contribution in [3.8, 4) is 0 Å². The van der Waals surface area contributed by atoms with E-state index < -0.39 is 0 Å². The van der Waals surface area contributed by atoms with Crippen LogP contribution in [0.3, 0.4) is 0 Å². The molecular weight excluding hydrogens is 231 g/mol. The van der Waals surface area contributed by atoms with Gasteiger partial charge < -0.3 is 0 Å². The van der Waals surface area contributed by atoms with Gasteiger partial charge in [0.1, 0.15) is 16.1 Å². The monoisotopic (exact) mass is 246 g/mol. The summed E-state index contributed by atoms with van der Waals surface area (Å²) in [4.78, 5) is 8.52. The van der Waals surface area contributed by atoms with E-state index in [1.807, 2.05) is 6.92 Å². The lowest BCUT2D eigenvalue weighted by Crippen LogP contribution is -2.13. The third-order valence-electron chi connectivity index (χ3n) is 1.99. The maximum atomic E-state index is 6.03. The van der Waals surface area contributed by atoms with Crippen LogP contribution in [0.25, 0.3) is 0 Å². The van der Waals surface area contributed by atoms with Gasteiger partial charge in [0.15, 0.2) is 0 Å². The van der Waals surface area contributed by atoms with Gasteiger partial charge in [0.25, 0.3) is 0 Å². The van der Waals surface area contributed by atoms with Crippen molar-refractivity contribution in [2.45, 2.75) is 40.5 Å². The summed E-state index contributed by atoms with van der Waals surface area (Å²) in [7, 11) is 0. The summed E-state index contributed by atoms with van der Waals surface area (Å²) >= 11 is 12.1. The van der Waals surface area contributed by atoms with Gasteiger partial charge in [0.05, 0.1) is 0 Å². The first-order valence-corrected chi connectivity index (χ1v) is 5.80. The second-order valence-electron chi connectivity index (χ2n) is 4.79. The summed E-state index contributed by atoms with van der Waals surface area (Å²) in [5, 5.41) is 0.966. The van der Waals surface area contributed by atoms with Crippen molar-refractivity contribution in [2.24, 2.45) is 5.41 Å². The fraction of sp³-hybridized carbons (Fsp3) is 0.636. The van der Waals surface area contributed by atoms with Crippen LogP contribution in [0.15, 0.2) is 0 Å². The van der Waals surface area contributed by atoms with E-state index in [1.54, 1.807) is 0 Å². The predicted octanol–water partition coefficient (Wildman–Crippen LogP) is 3.93. The quantitative estimate of drug-likeness (QED) is 0.740.